The predicted molar refractivity (Wildman–Crippen MR) is 84.5 cm³/mol. The first-order valence-corrected chi connectivity index (χ1v) is 7.84. The number of carbonyl (C=O) groups is 2. The van der Waals surface area contributed by atoms with Crippen molar-refractivity contribution in [3.05, 3.63) is 29.8 Å². The van der Waals surface area contributed by atoms with Gasteiger partial charge in [-0.05, 0) is 26.3 Å². The van der Waals surface area contributed by atoms with E-state index in [1.807, 2.05) is 38.1 Å². The Morgan fingerprint density at radius 2 is 2.09 bits per heavy atom. The Balaban J connectivity index is 2.45. The Labute approximate surface area is 131 Å². The summed E-state index contributed by atoms with van der Waals surface area (Å²) in [5, 5.41) is 2.89. The minimum atomic E-state index is -0.269. The van der Waals surface area contributed by atoms with E-state index in [2.05, 4.69) is 5.32 Å². The third-order valence-electron chi connectivity index (χ3n) is 4.19. The number of piperidine rings is 1. The van der Waals surface area contributed by atoms with E-state index in [9.17, 15) is 9.59 Å². The lowest BCUT2D eigenvalue weighted by Gasteiger charge is -2.40. The average Bonchev–Trinajstić information content (AvgIpc) is 2.54. The zero-order valence-electron chi connectivity index (χ0n) is 13.5. The molecule has 22 heavy (non-hydrogen) atoms. The van der Waals surface area contributed by atoms with Crippen molar-refractivity contribution in [3.63, 3.8) is 0 Å². The van der Waals surface area contributed by atoms with Crippen molar-refractivity contribution in [2.45, 2.75) is 32.7 Å². The smallest absolute Gasteiger partial charge is 0.225 e. The van der Waals surface area contributed by atoms with Gasteiger partial charge in [-0.25, -0.2) is 0 Å². The number of hydrogen-bond acceptors (Lipinski definition) is 3. The highest BCUT2D eigenvalue weighted by molar-refractivity contribution is 5.85. The number of ether oxygens (including phenoxy) is 1. The van der Waals surface area contributed by atoms with Crippen LogP contribution in [-0.4, -0.2) is 36.9 Å². The molecule has 2 atom stereocenters. The molecule has 0 aliphatic carbocycles. The summed E-state index contributed by atoms with van der Waals surface area (Å²) >= 11 is 0. The molecule has 1 aromatic carbocycles. The van der Waals surface area contributed by atoms with Gasteiger partial charge in [0.25, 0.3) is 0 Å². The fourth-order valence-electron chi connectivity index (χ4n) is 3.20. The molecule has 1 N–H and O–H groups in total. The molecular weight excluding hydrogens is 280 g/mol. The maximum absolute atomic E-state index is 12.5. The summed E-state index contributed by atoms with van der Waals surface area (Å²) in [6, 6.07) is 7.35. The number of benzene rings is 1. The van der Waals surface area contributed by atoms with Gasteiger partial charge in [0.2, 0.25) is 11.8 Å². The molecule has 1 saturated heterocycles. The van der Waals surface area contributed by atoms with E-state index in [1.54, 1.807) is 12.0 Å². The van der Waals surface area contributed by atoms with Crippen LogP contribution in [0.1, 0.15) is 38.3 Å². The van der Waals surface area contributed by atoms with E-state index in [0.717, 1.165) is 11.3 Å². The molecule has 1 fully saturated rings. The fourth-order valence-corrected chi connectivity index (χ4v) is 3.20. The number of likely N-dealkylation sites (tertiary alicyclic amines) is 1. The van der Waals surface area contributed by atoms with E-state index in [-0.39, 0.29) is 23.8 Å². The van der Waals surface area contributed by atoms with Gasteiger partial charge in [0, 0.05) is 25.1 Å². The molecule has 0 bridgehead atoms. The SMILES string of the molecule is CCNC(=O)[C@@H]1CCC(=O)N(CC)[C@H]1c1ccccc1OC. The van der Waals surface area contributed by atoms with Crippen LogP contribution in [0.2, 0.25) is 0 Å². The first kappa shape index (κ1) is 16.3. The maximum atomic E-state index is 12.5. The second kappa shape index (κ2) is 7.29. The van der Waals surface area contributed by atoms with Crippen molar-refractivity contribution >= 4 is 11.8 Å². The van der Waals surface area contributed by atoms with Crippen LogP contribution in [0.3, 0.4) is 0 Å². The molecule has 1 heterocycles. The Bertz CT molecular complexity index is 544. The maximum Gasteiger partial charge on any atom is 0.225 e. The number of nitrogens with one attached hydrogen (secondary N) is 1. The molecule has 5 heteroatoms. The van der Waals surface area contributed by atoms with Crippen LogP contribution in [0.5, 0.6) is 5.75 Å². The van der Waals surface area contributed by atoms with Gasteiger partial charge in [-0.15, -0.1) is 0 Å². The summed E-state index contributed by atoms with van der Waals surface area (Å²) in [6.07, 6.45) is 0.991. The summed E-state index contributed by atoms with van der Waals surface area (Å²) in [4.78, 5) is 26.5. The highest BCUT2D eigenvalue weighted by Crippen LogP contribution is 2.40. The van der Waals surface area contributed by atoms with Crippen LogP contribution < -0.4 is 10.1 Å². The summed E-state index contributed by atoms with van der Waals surface area (Å²) in [7, 11) is 1.61. The molecule has 0 saturated carbocycles. The average molecular weight is 304 g/mol. The highest BCUT2D eigenvalue weighted by atomic mass is 16.5. The van der Waals surface area contributed by atoms with Crippen LogP contribution in [0, 0.1) is 5.92 Å². The van der Waals surface area contributed by atoms with Crippen molar-refractivity contribution in [2.75, 3.05) is 20.2 Å². The van der Waals surface area contributed by atoms with Gasteiger partial charge >= 0.3 is 0 Å². The highest BCUT2D eigenvalue weighted by Gasteiger charge is 2.40. The summed E-state index contributed by atoms with van der Waals surface area (Å²) < 4.78 is 5.44. The molecule has 2 amide bonds. The van der Waals surface area contributed by atoms with Crippen molar-refractivity contribution in [2.24, 2.45) is 5.92 Å². The van der Waals surface area contributed by atoms with Gasteiger partial charge in [0.1, 0.15) is 5.75 Å². The van der Waals surface area contributed by atoms with E-state index < -0.39 is 0 Å². The van der Waals surface area contributed by atoms with Crippen molar-refractivity contribution < 1.29 is 14.3 Å². The lowest BCUT2D eigenvalue weighted by molar-refractivity contribution is -0.143. The summed E-state index contributed by atoms with van der Waals surface area (Å²) in [6.45, 7) is 5.02. The number of carbonyl (C=O) groups excluding carboxylic acids is 2. The Kier molecular flexibility index (Phi) is 5.41. The summed E-state index contributed by atoms with van der Waals surface area (Å²) in [5.41, 5.74) is 0.899. The van der Waals surface area contributed by atoms with Crippen LogP contribution >= 0.6 is 0 Å². The molecule has 1 aliphatic heterocycles. The zero-order valence-corrected chi connectivity index (χ0v) is 13.5. The topological polar surface area (TPSA) is 58.6 Å². The fraction of sp³-hybridized carbons (Fsp3) is 0.529. The van der Waals surface area contributed by atoms with Crippen LogP contribution in [0.15, 0.2) is 24.3 Å². The molecule has 0 radical (unpaired) electrons. The molecule has 0 unspecified atom stereocenters. The number of hydrogen-bond donors (Lipinski definition) is 1. The largest absolute Gasteiger partial charge is 0.496 e. The second-order valence-corrected chi connectivity index (χ2v) is 5.41. The quantitative estimate of drug-likeness (QED) is 0.906. The van der Waals surface area contributed by atoms with E-state index in [4.69, 9.17) is 4.74 Å². The van der Waals surface area contributed by atoms with Crippen LogP contribution in [0.4, 0.5) is 0 Å². The molecule has 0 aromatic heterocycles. The third kappa shape index (κ3) is 3.08. The van der Waals surface area contributed by atoms with Crippen molar-refractivity contribution in [3.8, 4) is 5.75 Å². The van der Waals surface area contributed by atoms with Crippen LogP contribution in [-0.2, 0) is 9.59 Å². The monoisotopic (exact) mass is 304 g/mol. The first-order valence-electron chi connectivity index (χ1n) is 7.84. The van der Waals surface area contributed by atoms with Crippen molar-refractivity contribution in [1.82, 2.24) is 10.2 Å². The van der Waals surface area contributed by atoms with Crippen LogP contribution in [0.25, 0.3) is 0 Å². The van der Waals surface area contributed by atoms with Gasteiger partial charge in [0.05, 0.1) is 19.1 Å². The third-order valence-corrected chi connectivity index (χ3v) is 4.19. The van der Waals surface area contributed by atoms with Gasteiger partial charge in [-0.3, -0.25) is 9.59 Å². The van der Waals surface area contributed by atoms with E-state index >= 15 is 0 Å². The number of para-hydroxylation sites is 1. The number of amides is 2. The Hall–Kier alpha value is -2.04. The molecule has 1 aromatic rings. The second-order valence-electron chi connectivity index (χ2n) is 5.41. The summed E-state index contributed by atoms with van der Waals surface area (Å²) in [5.74, 6) is 0.576. The number of rotatable bonds is 5. The molecule has 120 valence electrons. The minimum Gasteiger partial charge on any atom is -0.496 e. The predicted octanol–water partition coefficient (Wildman–Crippen LogP) is 2.13. The zero-order chi connectivity index (χ0) is 16.1. The van der Waals surface area contributed by atoms with E-state index in [1.165, 1.54) is 0 Å². The molecule has 0 spiro atoms. The Morgan fingerprint density at radius 3 is 2.73 bits per heavy atom. The van der Waals surface area contributed by atoms with Gasteiger partial charge in [0.15, 0.2) is 0 Å². The number of nitrogens with zero attached hydrogens (tertiary/aromatic N) is 1. The minimum absolute atomic E-state index is 0.00403. The van der Waals surface area contributed by atoms with Gasteiger partial charge < -0.3 is 15.0 Å². The standard InChI is InChI=1S/C17H24N2O3/c1-4-18-17(21)13-10-11-15(20)19(5-2)16(13)12-8-6-7-9-14(12)22-3/h6-9,13,16H,4-5,10-11H2,1-3H3,(H,18,21)/t13-,16+/m1/s1. The molecular formula is C17H24N2O3. The molecule has 1 aliphatic rings. The van der Waals surface area contributed by atoms with Gasteiger partial charge in [-0.2, -0.15) is 0 Å². The first-order chi connectivity index (χ1) is 10.6. The van der Waals surface area contributed by atoms with Crippen molar-refractivity contribution in [1.29, 1.82) is 0 Å². The molecule has 5 nitrogen and oxygen atoms in total. The Morgan fingerprint density at radius 1 is 1.36 bits per heavy atom. The normalized spacial score (nSPS) is 21.6. The van der Waals surface area contributed by atoms with E-state index in [0.29, 0.717) is 25.9 Å². The lowest BCUT2D eigenvalue weighted by Crippen LogP contribution is -2.48. The van der Waals surface area contributed by atoms with Gasteiger partial charge in [-0.1, -0.05) is 18.2 Å². The number of methoxy groups -OCH3 is 1. The lowest BCUT2D eigenvalue weighted by atomic mass is 9.83. The molecule has 2 rings (SSSR count).